The number of ketones is 1. The Labute approximate surface area is 74.6 Å². The summed E-state index contributed by atoms with van der Waals surface area (Å²) in [5, 5.41) is 17.8. The molecule has 0 radical (unpaired) electrons. The number of methoxy groups -OCH3 is 1. The number of carboxylic acid groups (broad SMARTS) is 1. The van der Waals surface area contributed by atoms with Gasteiger partial charge in [-0.05, 0) is 0 Å². The maximum Gasteiger partial charge on any atom is 0.307 e. The van der Waals surface area contributed by atoms with E-state index >= 15 is 0 Å². The van der Waals surface area contributed by atoms with Crippen LogP contribution in [-0.2, 0) is 14.3 Å². The van der Waals surface area contributed by atoms with E-state index in [9.17, 15) is 14.7 Å². The van der Waals surface area contributed by atoms with Crippen LogP contribution in [0.3, 0.4) is 0 Å². The molecule has 0 saturated carbocycles. The first-order valence-corrected chi connectivity index (χ1v) is 3.78. The number of allylic oxidation sites excluding steroid dienone is 2. The number of aliphatic carboxylic acids is 1. The van der Waals surface area contributed by atoms with Gasteiger partial charge < -0.3 is 14.9 Å². The van der Waals surface area contributed by atoms with E-state index in [-0.39, 0.29) is 24.4 Å². The molecule has 2 N–H and O–H groups in total. The lowest BCUT2D eigenvalue weighted by molar-refractivity contribution is -0.144. The summed E-state index contributed by atoms with van der Waals surface area (Å²) in [6.07, 6.45) is -0.146. The molecule has 1 aliphatic carbocycles. The van der Waals surface area contributed by atoms with Crippen LogP contribution in [0.2, 0.25) is 0 Å². The average molecular weight is 186 g/mol. The van der Waals surface area contributed by atoms with E-state index < -0.39 is 17.7 Å². The van der Waals surface area contributed by atoms with E-state index in [0.717, 1.165) is 0 Å². The molecule has 0 aromatic heterocycles. The number of aliphatic hydroxyl groups excluding tert-OH is 1. The normalized spacial score (nSPS) is 23.2. The van der Waals surface area contributed by atoms with Crippen molar-refractivity contribution in [3.05, 3.63) is 11.5 Å². The maximum absolute atomic E-state index is 11.1. The summed E-state index contributed by atoms with van der Waals surface area (Å²) in [4.78, 5) is 21.7. The van der Waals surface area contributed by atoms with Crippen molar-refractivity contribution in [1.82, 2.24) is 0 Å². The number of aliphatic hydroxyl groups is 1. The van der Waals surface area contributed by atoms with Gasteiger partial charge in [-0.2, -0.15) is 0 Å². The Hall–Kier alpha value is -1.52. The summed E-state index contributed by atoms with van der Waals surface area (Å²) < 4.78 is 4.63. The van der Waals surface area contributed by atoms with Crippen molar-refractivity contribution in [2.75, 3.05) is 7.11 Å². The van der Waals surface area contributed by atoms with Crippen LogP contribution in [0.15, 0.2) is 11.5 Å². The molecule has 1 rings (SSSR count). The molecule has 0 aromatic carbocycles. The predicted octanol–water partition coefficient (Wildman–Crippen LogP) is 0.466. The zero-order valence-electron chi connectivity index (χ0n) is 7.11. The minimum Gasteiger partial charge on any atom is -0.508 e. The predicted molar refractivity (Wildman–Crippen MR) is 42.0 cm³/mol. The molecule has 0 saturated heterocycles. The van der Waals surface area contributed by atoms with Crippen LogP contribution in [0.4, 0.5) is 0 Å². The van der Waals surface area contributed by atoms with Crippen LogP contribution in [0, 0.1) is 5.92 Å². The Morgan fingerprint density at radius 3 is 2.54 bits per heavy atom. The zero-order valence-corrected chi connectivity index (χ0v) is 7.11. The monoisotopic (exact) mass is 186 g/mol. The highest BCUT2D eigenvalue weighted by Crippen LogP contribution is 2.25. The summed E-state index contributed by atoms with van der Waals surface area (Å²) in [5.74, 6) is -2.75. The summed E-state index contributed by atoms with van der Waals surface area (Å²) >= 11 is 0. The highest BCUT2D eigenvalue weighted by Gasteiger charge is 2.32. The molecular formula is C8H10O5. The largest absolute Gasteiger partial charge is 0.508 e. The lowest BCUT2D eigenvalue weighted by atomic mass is 9.91. The SMILES string of the molecule is COC1=C(O)CC(C(=O)O)CC1=O. The standard InChI is InChI=1S/C8H10O5/c1-13-7-5(9)2-4(8(11)12)3-6(7)10/h4,9H,2-3H2,1H3,(H,11,12). The molecular weight excluding hydrogens is 176 g/mol. The molecule has 0 heterocycles. The summed E-state index contributed by atoms with van der Waals surface area (Å²) in [7, 11) is 1.27. The molecule has 1 aliphatic rings. The van der Waals surface area contributed by atoms with Crippen molar-refractivity contribution in [2.45, 2.75) is 12.8 Å². The van der Waals surface area contributed by atoms with Crippen molar-refractivity contribution in [1.29, 1.82) is 0 Å². The molecule has 0 aromatic rings. The molecule has 5 heteroatoms. The minimum atomic E-state index is -1.07. The number of carboxylic acids is 1. The van der Waals surface area contributed by atoms with Crippen LogP contribution < -0.4 is 0 Å². The molecule has 0 fully saturated rings. The first kappa shape index (κ1) is 9.57. The molecule has 1 atom stereocenters. The lowest BCUT2D eigenvalue weighted by Gasteiger charge is -2.18. The van der Waals surface area contributed by atoms with Gasteiger partial charge in [0.15, 0.2) is 5.76 Å². The van der Waals surface area contributed by atoms with Gasteiger partial charge in [-0.25, -0.2) is 0 Å². The number of carbonyl (C=O) groups is 2. The van der Waals surface area contributed by atoms with E-state index in [4.69, 9.17) is 5.11 Å². The molecule has 0 spiro atoms. The Balaban J connectivity index is 2.87. The first-order chi connectivity index (χ1) is 6.06. The second kappa shape index (κ2) is 3.47. The third-order valence-electron chi connectivity index (χ3n) is 1.94. The Morgan fingerprint density at radius 1 is 1.54 bits per heavy atom. The Morgan fingerprint density at radius 2 is 2.15 bits per heavy atom. The van der Waals surface area contributed by atoms with Gasteiger partial charge in [0.05, 0.1) is 13.0 Å². The Bertz CT molecular complexity index is 278. The number of ether oxygens (including phenoxy) is 1. The molecule has 5 nitrogen and oxygen atoms in total. The van der Waals surface area contributed by atoms with Crippen molar-refractivity contribution in [3.63, 3.8) is 0 Å². The number of hydrogen-bond acceptors (Lipinski definition) is 4. The van der Waals surface area contributed by atoms with Crippen LogP contribution >= 0.6 is 0 Å². The van der Waals surface area contributed by atoms with E-state index in [1.54, 1.807) is 0 Å². The van der Waals surface area contributed by atoms with Crippen LogP contribution in [0.5, 0.6) is 0 Å². The van der Waals surface area contributed by atoms with Crippen LogP contribution in [0.25, 0.3) is 0 Å². The number of carbonyl (C=O) groups excluding carboxylic acids is 1. The summed E-state index contributed by atoms with van der Waals surface area (Å²) in [6, 6.07) is 0. The highest BCUT2D eigenvalue weighted by molar-refractivity contribution is 5.97. The summed E-state index contributed by atoms with van der Waals surface area (Å²) in [5.41, 5.74) is 0. The molecule has 72 valence electrons. The van der Waals surface area contributed by atoms with Crippen LogP contribution in [-0.4, -0.2) is 29.1 Å². The molecule has 13 heavy (non-hydrogen) atoms. The second-order valence-electron chi connectivity index (χ2n) is 2.85. The summed E-state index contributed by atoms with van der Waals surface area (Å²) in [6.45, 7) is 0. The van der Waals surface area contributed by atoms with Crippen molar-refractivity contribution >= 4 is 11.8 Å². The van der Waals surface area contributed by atoms with E-state index in [1.165, 1.54) is 7.11 Å². The van der Waals surface area contributed by atoms with Gasteiger partial charge in [-0.1, -0.05) is 0 Å². The van der Waals surface area contributed by atoms with Crippen molar-refractivity contribution < 1.29 is 24.5 Å². The van der Waals surface area contributed by atoms with Gasteiger partial charge in [0.25, 0.3) is 0 Å². The van der Waals surface area contributed by atoms with Gasteiger partial charge in [0.1, 0.15) is 5.76 Å². The Kier molecular flexibility index (Phi) is 2.55. The van der Waals surface area contributed by atoms with Gasteiger partial charge in [0.2, 0.25) is 5.78 Å². The first-order valence-electron chi connectivity index (χ1n) is 3.78. The minimum absolute atomic E-state index is 0.0375. The van der Waals surface area contributed by atoms with E-state index in [2.05, 4.69) is 4.74 Å². The maximum atomic E-state index is 11.1. The molecule has 0 aliphatic heterocycles. The fourth-order valence-corrected chi connectivity index (χ4v) is 1.28. The van der Waals surface area contributed by atoms with Crippen molar-refractivity contribution in [3.8, 4) is 0 Å². The van der Waals surface area contributed by atoms with E-state index in [1.807, 2.05) is 0 Å². The number of rotatable bonds is 2. The average Bonchev–Trinajstić information content (AvgIpc) is 2.03. The fraction of sp³-hybridized carbons (Fsp3) is 0.500. The smallest absolute Gasteiger partial charge is 0.307 e. The topological polar surface area (TPSA) is 83.8 Å². The highest BCUT2D eigenvalue weighted by atomic mass is 16.5. The molecule has 0 amide bonds. The number of hydrogen-bond donors (Lipinski definition) is 2. The van der Waals surface area contributed by atoms with Crippen molar-refractivity contribution in [2.24, 2.45) is 5.92 Å². The fourth-order valence-electron chi connectivity index (χ4n) is 1.28. The second-order valence-corrected chi connectivity index (χ2v) is 2.85. The van der Waals surface area contributed by atoms with Gasteiger partial charge in [0, 0.05) is 12.8 Å². The van der Waals surface area contributed by atoms with Gasteiger partial charge in [-0.15, -0.1) is 0 Å². The molecule has 1 unspecified atom stereocenters. The number of Topliss-reactive ketones (excluding diaryl/α,β-unsaturated/α-hetero) is 1. The van der Waals surface area contributed by atoms with E-state index in [0.29, 0.717) is 0 Å². The zero-order chi connectivity index (χ0) is 10.0. The van der Waals surface area contributed by atoms with Gasteiger partial charge >= 0.3 is 5.97 Å². The molecule has 0 bridgehead atoms. The van der Waals surface area contributed by atoms with Gasteiger partial charge in [-0.3, -0.25) is 9.59 Å². The third kappa shape index (κ3) is 1.80. The lowest BCUT2D eigenvalue weighted by Crippen LogP contribution is -2.25. The third-order valence-corrected chi connectivity index (χ3v) is 1.94. The van der Waals surface area contributed by atoms with Crippen LogP contribution in [0.1, 0.15) is 12.8 Å². The quantitative estimate of drug-likeness (QED) is 0.654.